The van der Waals surface area contributed by atoms with E-state index in [1.807, 2.05) is 13.8 Å². The van der Waals surface area contributed by atoms with E-state index in [1.165, 1.54) is 23.9 Å². The van der Waals surface area contributed by atoms with Gasteiger partial charge in [-0.25, -0.2) is 9.37 Å². The number of benzene rings is 1. The molecule has 0 aliphatic carbocycles. The monoisotopic (exact) mass is 280 g/mol. The minimum atomic E-state index is -0.244. The highest BCUT2D eigenvalue weighted by Crippen LogP contribution is 2.36. The van der Waals surface area contributed by atoms with Gasteiger partial charge in [0.15, 0.2) is 0 Å². The van der Waals surface area contributed by atoms with Crippen LogP contribution in [0.4, 0.5) is 4.39 Å². The molecule has 0 bridgehead atoms. The predicted octanol–water partition coefficient (Wildman–Crippen LogP) is 2.82. The van der Waals surface area contributed by atoms with Crippen molar-refractivity contribution in [2.24, 2.45) is 5.73 Å². The lowest BCUT2D eigenvalue weighted by Crippen LogP contribution is -2.25. The molecule has 0 amide bonds. The van der Waals surface area contributed by atoms with Crippen molar-refractivity contribution in [3.8, 4) is 0 Å². The summed E-state index contributed by atoms with van der Waals surface area (Å²) in [5.74, 6) is 0.525. The maximum Gasteiger partial charge on any atom is 0.209 e. The van der Waals surface area contributed by atoms with Gasteiger partial charge in [-0.2, -0.15) is 0 Å². The van der Waals surface area contributed by atoms with Gasteiger partial charge in [-0.05, 0) is 31.0 Å². The van der Waals surface area contributed by atoms with Crippen LogP contribution in [-0.2, 0) is 0 Å². The summed E-state index contributed by atoms with van der Waals surface area (Å²) in [4.78, 5) is 4.28. The molecule has 6 heteroatoms. The Morgan fingerprint density at radius 1 is 1.37 bits per heavy atom. The van der Waals surface area contributed by atoms with E-state index in [2.05, 4.69) is 15.2 Å². The molecule has 1 aromatic carbocycles. The molecule has 4 nitrogen and oxygen atoms in total. The van der Waals surface area contributed by atoms with Crippen LogP contribution in [0, 0.1) is 12.7 Å². The number of aromatic amines is 1. The van der Waals surface area contributed by atoms with Crippen molar-refractivity contribution < 1.29 is 4.39 Å². The number of H-pyrrole nitrogens is 1. The molecule has 0 aliphatic heterocycles. The first-order valence-electron chi connectivity index (χ1n) is 6.17. The number of thioether (sulfide) groups is 1. The van der Waals surface area contributed by atoms with E-state index in [0.29, 0.717) is 5.16 Å². The van der Waals surface area contributed by atoms with E-state index in [9.17, 15) is 4.39 Å². The molecule has 19 heavy (non-hydrogen) atoms. The zero-order chi connectivity index (χ0) is 13.8. The summed E-state index contributed by atoms with van der Waals surface area (Å²) in [6, 6.07) is 6.40. The lowest BCUT2D eigenvalue weighted by Gasteiger charge is -2.21. The van der Waals surface area contributed by atoms with Gasteiger partial charge in [0.1, 0.15) is 11.6 Å². The highest BCUT2D eigenvalue weighted by Gasteiger charge is 2.21. The average molecular weight is 280 g/mol. The smallest absolute Gasteiger partial charge is 0.209 e. The highest BCUT2D eigenvalue weighted by atomic mass is 32.2. The fourth-order valence-corrected chi connectivity index (χ4v) is 2.93. The van der Waals surface area contributed by atoms with Crippen LogP contribution in [0.3, 0.4) is 0 Å². The highest BCUT2D eigenvalue weighted by molar-refractivity contribution is 7.99. The summed E-state index contributed by atoms with van der Waals surface area (Å²) in [6.07, 6.45) is 0.832. The Bertz CT molecular complexity index is 526. The Morgan fingerprint density at radius 3 is 2.58 bits per heavy atom. The molecule has 0 saturated heterocycles. The Kier molecular flexibility index (Phi) is 4.55. The van der Waals surface area contributed by atoms with Crippen LogP contribution in [0.25, 0.3) is 0 Å². The maximum atomic E-state index is 13.0. The number of hydrogen-bond donors (Lipinski definition) is 2. The van der Waals surface area contributed by atoms with Crippen molar-refractivity contribution in [2.75, 3.05) is 0 Å². The zero-order valence-electron chi connectivity index (χ0n) is 10.9. The summed E-state index contributed by atoms with van der Waals surface area (Å²) in [7, 11) is 0. The third kappa shape index (κ3) is 3.54. The minimum Gasteiger partial charge on any atom is -0.326 e. The fraction of sp³-hybridized carbons (Fsp3) is 0.385. The molecule has 2 rings (SSSR count). The van der Waals surface area contributed by atoms with Gasteiger partial charge in [0.25, 0.3) is 0 Å². The molecular formula is C13H17FN4S. The predicted molar refractivity (Wildman–Crippen MR) is 74.4 cm³/mol. The first kappa shape index (κ1) is 14.0. The van der Waals surface area contributed by atoms with Crippen LogP contribution in [0.1, 0.15) is 30.0 Å². The van der Waals surface area contributed by atoms with Crippen molar-refractivity contribution in [3.63, 3.8) is 0 Å². The lowest BCUT2D eigenvalue weighted by molar-refractivity contribution is 0.617. The van der Waals surface area contributed by atoms with Crippen LogP contribution in [-0.4, -0.2) is 21.2 Å². The molecule has 0 spiro atoms. The van der Waals surface area contributed by atoms with E-state index < -0.39 is 0 Å². The molecule has 0 fully saturated rings. The van der Waals surface area contributed by atoms with Gasteiger partial charge in [-0.3, -0.25) is 5.10 Å². The van der Waals surface area contributed by atoms with Crippen molar-refractivity contribution in [1.82, 2.24) is 15.2 Å². The molecule has 0 saturated carbocycles. The molecule has 2 aromatic rings. The zero-order valence-corrected chi connectivity index (χ0v) is 11.7. The third-order valence-corrected chi connectivity index (χ3v) is 4.14. The molecule has 1 aromatic heterocycles. The number of nitrogens with zero attached hydrogens (tertiary/aromatic N) is 2. The second kappa shape index (κ2) is 6.16. The van der Waals surface area contributed by atoms with Crippen molar-refractivity contribution in [1.29, 1.82) is 0 Å². The third-order valence-electron chi connectivity index (χ3n) is 2.87. The van der Waals surface area contributed by atoms with Crippen LogP contribution < -0.4 is 5.73 Å². The number of rotatable bonds is 5. The number of nitrogens with one attached hydrogen (secondary N) is 1. The van der Waals surface area contributed by atoms with E-state index in [0.717, 1.165) is 17.8 Å². The lowest BCUT2D eigenvalue weighted by atomic mass is 10.0. The number of halogens is 1. The topological polar surface area (TPSA) is 67.6 Å². The van der Waals surface area contributed by atoms with Crippen LogP contribution in [0.15, 0.2) is 29.4 Å². The van der Waals surface area contributed by atoms with Gasteiger partial charge in [0.2, 0.25) is 5.16 Å². The molecule has 1 heterocycles. The molecule has 3 N–H and O–H groups in total. The maximum absolute atomic E-state index is 13.0. The van der Waals surface area contributed by atoms with Crippen LogP contribution in [0.5, 0.6) is 0 Å². The largest absolute Gasteiger partial charge is 0.326 e. The van der Waals surface area contributed by atoms with Crippen molar-refractivity contribution >= 4 is 11.8 Å². The molecular weight excluding hydrogens is 263 g/mol. The summed E-state index contributed by atoms with van der Waals surface area (Å²) in [5, 5.41) is 7.60. The second-order valence-electron chi connectivity index (χ2n) is 4.37. The van der Waals surface area contributed by atoms with Gasteiger partial charge < -0.3 is 5.73 Å². The average Bonchev–Trinajstić information content (AvgIpc) is 2.82. The van der Waals surface area contributed by atoms with Gasteiger partial charge in [0, 0.05) is 6.04 Å². The number of hydrogen-bond acceptors (Lipinski definition) is 4. The van der Waals surface area contributed by atoms with E-state index >= 15 is 0 Å². The molecule has 102 valence electrons. The first-order chi connectivity index (χ1) is 9.10. The van der Waals surface area contributed by atoms with Gasteiger partial charge >= 0.3 is 0 Å². The summed E-state index contributed by atoms with van der Waals surface area (Å²) >= 11 is 1.50. The summed E-state index contributed by atoms with van der Waals surface area (Å²) in [6.45, 7) is 3.88. The van der Waals surface area contributed by atoms with Crippen LogP contribution in [0.2, 0.25) is 0 Å². The Morgan fingerprint density at radius 2 is 2.05 bits per heavy atom. The summed E-state index contributed by atoms with van der Waals surface area (Å²) < 4.78 is 13.0. The molecule has 2 atom stereocenters. The quantitative estimate of drug-likeness (QED) is 0.826. The normalized spacial score (nSPS) is 14.3. The minimum absolute atomic E-state index is 0.0146. The summed E-state index contributed by atoms with van der Waals surface area (Å²) in [5.41, 5.74) is 7.15. The first-order valence-corrected chi connectivity index (χ1v) is 7.04. The van der Waals surface area contributed by atoms with Gasteiger partial charge in [0.05, 0.1) is 5.25 Å². The Labute approximate surface area is 116 Å². The van der Waals surface area contributed by atoms with E-state index in [1.54, 1.807) is 12.1 Å². The Balaban J connectivity index is 2.23. The Hall–Kier alpha value is -1.40. The molecule has 0 aliphatic rings. The number of aryl methyl sites for hydroxylation is 1. The number of nitrogens with two attached hydrogens (primary N) is 1. The molecule has 2 unspecified atom stereocenters. The van der Waals surface area contributed by atoms with Crippen molar-refractivity contribution in [3.05, 3.63) is 41.5 Å². The van der Waals surface area contributed by atoms with Gasteiger partial charge in [-0.15, -0.1) is 5.10 Å². The number of aromatic nitrogens is 3. The molecule has 0 radical (unpaired) electrons. The van der Waals surface area contributed by atoms with Crippen molar-refractivity contribution in [2.45, 2.75) is 36.7 Å². The SMILES string of the molecule is CCC(N)C(Sc1n[nH]c(C)n1)c1ccc(F)cc1. The fourth-order valence-electron chi connectivity index (χ4n) is 1.76. The standard InChI is InChI=1S/C13H17FN4S/c1-3-11(15)12(9-4-6-10(14)7-5-9)19-13-16-8(2)17-18-13/h4-7,11-12H,3,15H2,1-2H3,(H,16,17,18). The second-order valence-corrected chi connectivity index (χ2v) is 5.47. The van der Waals surface area contributed by atoms with E-state index in [4.69, 9.17) is 5.73 Å². The van der Waals surface area contributed by atoms with Gasteiger partial charge in [-0.1, -0.05) is 30.8 Å². The van der Waals surface area contributed by atoms with E-state index in [-0.39, 0.29) is 17.1 Å². The van der Waals surface area contributed by atoms with Crippen LogP contribution >= 0.6 is 11.8 Å².